The minimum absolute atomic E-state index is 0.697. The van der Waals surface area contributed by atoms with E-state index in [9.17, 15) is 0 Å². The van der Waals surface area contributed by atoms with Crippen molar-refractivity contribution in [1.82, 2.24) is 19.9 Å². The van der Waals surface area contributed by atoms with Crippen LogP contribution in [0.15, 0.2) is 65.3 Å². The van der Waals surface area contributed by atoms with E-state index in [1.54, 1.807) is 6.20 Å². The van der Waals surface area contributed by atoms with E-state index in [2.05, 4.69) is 43.0 Å². The van der Waals surface area contributed by atoms with Crippen molar-refractivity contribution >= 4 is 38.6 Å². The van der Waals surface area contributed by atoms with Gasteiger partial charge < -0.3 is 19.9 Å². The van der Waals surface area contributed by atoms with Crippen LogP contribution < -0.4 is 15.4 Å². The molecule has 0 unspecified atom stereocenters. The summed E-state index contributed by atoms with van der Waals surface area (Å²) in [6.07, 6.45) is 1.76. The SMILES string of the molecule is CCn1c(Nc2ccc(Br)cc2)nc2cc(Oc3ccnc(CNC)c3)ccc21. The van der Waals surface area contributed by atoms with Crippen molar-refractivity contribution < 1.29 is 4.74 Å². The van der Waals surface area contributed by atoms with Gasteiger partial charge in [0.2, 0.25) is 5.95 Å². The molecule has 2 aromatic heterocycles. The van der Waals surface area contributed by atoms with Crippen molar-refractivity contribution in [3.63, 3.8) is 0 Å². The van der Waals surface area contributed by atoms with E-state index in [4.69, 9.17) is 9.72 Å². The second-order valence-corrected chi connectivity index (χ2v) is 7.49. The normalized spacial score (nSPS) is 11.0. The average molecular weight is 452 g/mol. The van der Waals surface area contributed by atoms with Gasteiger partial charge >= 0.3 is 0 Å². The van der Waals surface area contributed by atoms with Crippen LogP contribution in [0.2, 0.25) is 0 Å². The lowest BCUT2D eigenvalue weighted by Crippen LogP contribution is -2.06. The molecule has 0 amide bonds. The molecule has 0 saturated carbocycles. The van der Waals surface area contributed by atoms with Crippen LogP contribution in [0.4, 0.5) is 11.6 Å². The van der Waals surface area contributed by atoms with Crippen LogP contribution in [0.1, 0.15) is 12.6 Å². The lowest BCUT2D eigenvalue weighted by Gasteiger charge is -2.09. The number of rotatable bonds is 7. The molecule has 0 fully saturated rings. The number of pyridine rings is 1. The second kappa shape index (κ2) is 8.63. The Morgan fingerprint density at radius 2 is 1.83 bits per heavy atom. The van der Waals surface area contributed by atoms with Gasteiger partial charge in [-0.05, 0) is 56.4 Å². The Hall–Kier alpha value is -2.90. The number of benzene rings is 2. The van der Waals surface area contributed by atoms with Gasteiger partial charge in [-0.2, -0.15) is 0 Å². The Bertz CT molecular complexity index is 1120. The largest absolute Gasteiger partial charge is 0.457 e. The predicted octanol–water partition coefficient (Wildman–Crippen LogP) is 5.47. The maximum atomic E-state index is 6.05. The number of nitrogens with zero attached hydrogens (tertiary/aromatic N) is 3. The molecule has 4 aromatic rings. The second-order valence-electron chi connectivity index (χ2n) is 6.58. The van der Waals surface area contributed by atoms with Crippen molar-refractivity contribution in [1.29, 1.82) is 0 Å². The first-order chi connectivity index (χ1) is 14.2. The van der Waals surface area contributed by atoms with E-state index in [0.717, 1.165) is 50.9 Å². The third-order valence-corrected chi connectivity index (χ3v) is 5.05. The number of aryl methyl sites for hydroxylation is 1. The average Bonchev–Trinajstić information content (AvgIpc) is 3.06. The lowest BCUT2D eigenvalue weighted by molar-refractivity contribution is 0.481. The first-order valence-corrected chi connectivity index (χ1v) is 10.3. The first-order valence-electron chi connectivity index (χ1n) is 9.46. The van der Waals surface area contributed by atoms with E-state index in [-0.39, 0.29) is 0 Å². The number of halogens is 1. The number of fused-ring (bicyclic) bond motifs is 1. The molecule has 0 spiro atoms. The molecule has 0 saturated heterocycles. The highest BCUT2D eigenvalue weighted by Gasteiger charge is 2.11. The summed E-state index contributed by atoms with van der Waals surface area (Å²) >= 11 is 3.47. The number of hydrogen-bond acceptors (Lipinski definition) is 5. The number of imidazole rings is 1. The molecule has 6 nitrogen and oxygen atoms in total. The van der Waals surface area contributed by atoms with Gasteiger partial charge in [0.25, 0.3) is 0 Å². The quantitative estimate of drug-likeness (QED) is 0.390. The summed E-state index contributed by atoms with van der Waals surface area (Å²) in [5.74, 6) is 2.31. The summed E-state index contributed by atoms with van der Waals surface area (Å²) in [5.41, 5.74) is 3.87. The highest BCUT2D eigenvalue weighted by atomic mass is 79.9. The number of nitrogens with one attached hydrogen (secondary N) is 2. The summed E-state index contributed by atoms with van der Waals surface area (Å²) < 4.78 is 9.24. The molecule has 0 aliphatic heterocycles. The van der Waals surface area contributed by atoms with Gasteiger partial charge in [-0.25, -0.2) is 4.98 Å². The third-order valence-electron chi connectivity index (χ3n) is 4.52. The van der Waals surface area contributed by atoms with E-state index in [1.165, 1.54) is 0 Å². The van der Waals surface area contributed by atoms with Crippen molar-refractivity contribution in [3.8, 4) is 11.5 Å². The zero-order valence-electron chi connectivity index (χ0n) is 16.3. The van der Waals surface area contributed by atoms with Crippen LogP contribution in [-0.4, -0.2) is 21.6 Å². The smallest absolute Gasteiger partial charge is 0.208 e. The molecule has 0 bridgehead atoms. The zero-order valence-corrected chi connectivity index (χ0v) is 17.9. The minimum atomic E-state index is 0.697. The van der Waals surface area contributed by atoms with Gasteiger partial charge in [0.1, 0.15) is 11.5 Å². The van der Waals surface area contributed by atoms with Gasteiger partial charge in [0.05, 0.1) is 16.7 Å². The Morgan fingerprint density at radius 1 is 1.03 bits per heavy atom. The number of aromatic nitrogens is 3. The molecule has 2 aromatic carbocycles. The fraction of sp³-hybridized carbons (Fsp3) is 0.182. The Kier molecular flexibility index (Phi) is 5.78. The minimum Gasteiger partial charge on any atom is -0.457 e. The van der Waals surface area contributed by atoms with Gasteiger partial charge in [-0.15, -0.1) is 0 Å². The fourth-order valence-electron chi connectivity index (χ4n) is 3.18. The van der Waals surface area contributed by atoms with Gasteiger partial charge in [-0.3, -0.25) is 4.98 Å². The molecular formula is C22H22BrN5O. The highest BCUT2D eigenvalue weighted by molar-refractivity contribution is 9.10. The molecule has 7 heteroatoms. The molecule has 0 radical (unpaired) electrons. The highest BCUT2D eigenvalue weighted by Crippen LogP contribution is 2.29. The maximum absolute atomic E-state index is 6.05. The van der Waals surface area contributed by atoms with Gasteiger partial charge in [0.15, 0.2) is 0 Å². The molecule has 148 valence electrons. The van der Waals surface area contributed by atoms with E-state index in [0.29, 0.717) is 6.54 Å². The molecule has 29 heavy (non-hydrogen) atoms. The molecule has 2 N–H and O–H groups in total. The van der Waals surface area contributed by atoms with Crippen molar-refractivity contribution in [2.24, 2.45) is 0 Å². The van der Waals surface area contributed by atoms with Crippen LogP contribution in [0, 0.1) is 0 Å². The maximum Gasteiger partial charge on any atom is 0.208 e. The van der Waals surface area contributed by atoms with Gasteiger partial charge in [0, 0.05) is 41.6 Å². The number of hydrogen-bond donors (Lipinski definition) is 2. The van der Waals surface area contributed by atoms with Crippen molar-refractivity contribution in [2.75, 3.05) is 12.4 Å². The summed E-state index contributed by atoms with van der Waals surface area (Å²) in [6.45, 7) is 3.62. The summed E-state index contributed by atoms with van der Waals surface area (Å²) in [4.78, 5) is 9.11. The first kappa shape index (κ1) is 19.4. The fourth-order valence-corrected chi connectivity index (χ4v) is 3.45. The van der Waals surface area contributed by atoms with Crippen molar-refractivity contribution in [2.45, 2.75) is 20.0 Å². The van der Waals surface area contributed by atoms with Crippen molar-refractivity contribution in [3.05, 3.63) is 71.0 Å². The van der Waals surface area contributed by atoms with Crippen LogP contribution >= 0.6 is 15.9 Å². The lowest BCUT2D eigenvalue weighted by atomic mass is 10.3. The number of ether oxygens (including phenoxy) is 1. The van der Waals surface area contributed by atoms with Crippen LogP contribution in [-0.2, 0) is 13.1 Å². The Morgan fingerprint density at radius 3 is 2.59 bits per heavy atom. The summed E-state index contributed by atoms with van der Waals surface area (Å²) in [5, 5.41) is 6.50. The Balaban J connectivity index is 1.62. The van der Waals surface area contributed by atoms with Crippen LogP contribution in [0.25, 0.3) is 11.0 Å². The molecule has 2 heterocycles. The molecular weight excluding hydrogens is 430 g/mol. The van der Waals surface area contributed by atoms with E-state index >= 15 is 0 Å². The zero-order chi connectivity index (χ0) is 20.2. The van der Waals surface area contributed by atoms with Gasteiger partial charge in [-0.1, -0.05) is 15.9 Å². The molecule has 0 aliphatic rings. The summed E-state index contributed by atoms with van der Waals surface area (Å²) in [6, 6.07) is 17.8. The van der Waals surface area contributed by atoms with Crippen LogP contribution in [0.3, 0.4) is 0 Å². The molecule has 0 aliphatic carbocycles. The summed E-state index contributed by atoms with van der Waals surface area (Å²) in [7, 11) is 1.90. The topological polar surface area (TPSA) is 64.0 Å². The molecule has 0 atom stereocenters. The van der Waals surface area contributed by atoms with E-state index in [1.807, 2.05) is 61.6 Å². The number of anilines is 2. The molecule has 4 rings (SSSR count). The predicted molar refractivity (Wildman–Crippen MR) is 120 cm³/mol. The third kappa shape index (κ3) is 4.41. The van der Waals surface area contributed by atoms with Crippen LogP contribution in [0.5, 0.6) is 11.5 Å². The Labute approximate surface area is 178 Å². The van der Waals surface area contributed by atoms with E-state index < -0.39 is 0 Å². The standard InChI is InChI=1S/C22H22BrN5O/c1-3-28-21-9-8-18(29-19-10-11-25-17(12-19)14-24-2)13-20(21)27-22(28)26-16-6-4-15(23)5-7-16/h4-13,24H,3,14H2,1-2H3,(H,26,27). The monoisotopic (exact) mass is 451 g/mol.